The van der Waals surface area contributed by atoms with Crippen LogP contribution in [0.25, 0.3) is 33.4 Å². The maximum absolute atomic E-state index is 11.9. The Kier molecular flexibility index (Phi) is 4.50. The molecule has 0 aliphatic rings. The van der Waals surface area contributed by atoms with Gasteiger partial charge in [-0.25, -0.2) is 4.79 Å². The molecule has 0 fully saturated rings. The Labute approximate surface area is 176 Å². The monoisotopic (exact) mass is 405 g/mol. The van der Waals surface area contributed by atoms with Crippen molar-refractivity contribution in [3.05, 3.63) is 89.6 Å². The topological polar surface area (TPSA) is 108 Å². The molecular formula is C24H15N5O2. The summed E-state index contributed by atoms with van der Waals surface area (Å²) < 4.78 is 0. The van der Waals surface area contributed by atoms with Gasteiger partial charge in [0.15, 0.2) is 0 Å². The van der Waals surface area contributed by atoms with Crippen molar-refractivity contribution in [1.82, 2.24) is 25.6 Å². The number of carbonyl (C=O) groups is 1. The first-order valence-electron chi connectivity index (χ1n) is 9.49. The molecule has 0 aliphatic heterocycles. The van der Waals surface area contributed by atoms with Crippen molar-refractivity contribution >= 4 is 16.9 Å². The maximum atomic E-state index is 11.9. The number of nitrogens with one attached hydrogen (secondary N) is 2. The van der Waals surface area contributed by atoms with E-state index in [4.69, 9.17) is 0 Å². The third kappa shape index (κ3) is 3.54. The molecule has 0 atom stereocenters. The lowest BCUT2D eigenvalue weighted by Crippen LogP contribution is -2.01. The highest BCUT2D eigenvalue weighted by Crippen LogP contribution is 2.30. The largest absolute Gasteiger partial charge is 0.478 e. The molecule has 0 radical (unpaired) electrons. The number of fused-ring (bicyclic) bond motifs is 1. The maximum Gasteiger partial charge on any atom is 0.336 e. The normalized spacial score (nSPS) is 10.6. The number of aromatic nitrogens is 5. The number of aromatic carboxylic acids is 1. The van der Waals surface area contributed by atoms with E-state index < -0.39 is 5.97 Å². The van der Waals surface area contributed by atoms with Gasteiger partial charge in [0, 0.05) is 34.0 Å². The number of aromatic amines is 2. The lowest BCUT2D eigenvalue weighted by atomic mass is 9.93. The van der Waals surface area contributed by atoms with Gasteiger partial charge in [0.05, 0.1) is 5.56 Å². The number of tetrazole rings is 1. The molecule has 7 nitrogen and oxygen atoms in total. The zero-order chi connectivity index (χ0) is 21.2. The van der Waals surface area contributed by atoms with Gasteiger partial charge in [0.2, 0.25) is 5.82 Å². The average Bonchev–Trinajstić information content (AvgIpc) is 3.49. The predicted molar refractivity (Wildman–Crippen MR) is 116 cm³/mol. The predicted octanol–water partition coefficient (Wildman–Crippen LogP) is 4.11. The van der Waals surface area contributed by atoms with E-state index in [1.54, 1.807) is 12.1 Å². The van der Waals surface area contributed by atoms with Crippen LogP contribution in [0.2, 0.25) is 0 Å². The van der Waals surface area contributed by atoms with E-state index in [9.17, 15) is 9.90 Å². The van der Waals surface area contributed by atoms with Crippen molar-refractivity contribution in [3.8, 4) is 34.4 Å². The van der Waals surface area contributed by atoms with Crippen LogP contribution in [0, 0.1) is 11.8 Å². The minimum atomic E-state index is -0.996. The van der Waals surface area contributed by atoms with Crippen molar-refractivity contribution in [2.45, 2.75) is 0 Å². The van der Waals surface area contributed by atoms with Crippen LogP contribution >= 0.6 is 0 Å². The number of H-pyrrole nitrogens is 2. The summed E-state index contributed by atoms with van der Waals surface area (Å²) in [4.78, 5) is 15.1. The Morgan fingerprint density at radius 2 is 1.84 bits per heavy atom. The van der Waals surface area contributed by atoms with Gasteiger partial charge >= 0.3 is 5.97 Å². The molecule has 0 aliphatic carbocycles. The lowest BCUT2D eigenvalue weighted by molar-refractivity contribution is 0.0697. The van der Waals surface area contributed by atoms with Gasteiger partial charge in [-0.1, -0.05) is 42.2 Å². The number of benzene rings is 3. The molecule has 0 spiro atoms. The number of carboxylic acids is 1. The second-order valence-corrected chi connectivity index (χ2v) is 6.88. The molecule has 148 valence electrons. The number of hydrogen-bond acceptors (Lipinski definition) is 4. The van der Waals surface area contributed by atoms with E-state index >= 15 is 0 Å². The molecule has 0 unspecified atom stereocenters. The third-order valence-electron chi connectivity index (χ3n) is 4.95. The Bertz CT molecular complexity index is 1470. The van der Waals surface area contributed by atoms with Crippen molar-refractivity contribution < 1.29 is 9.90 Å². The zero-order valence-electron chi connectivity index (χ0n) is 16.1. The van der Waals surface area contributed by atoms with Gasteiger partial charge in [-0.3, -0.25) is 0 Å². The minimum Gasteiger partial charge on any atom is -0.478 e. The molecule has 2 aromatic heterocycles. The average molecular weight is 405 g/mol. The Balaban J connectivity index is 1.62. The number of rotatable bonds is 3. The SMILES string of the molecule is O=C(O)c1cccc(C#Cc2cccc(-c3nn[nH]n3)c2)c1-c1ccc2cc[nH]c2c1. The van der Waals surface area contributed by atoms with Crippen LogP contribution in [0.15, 0.2) is 72.9 Å². The second-order valence-electron chi connectivity index (χ2n) is 6.88. The van der Waals surface area contributed by atoms with Crippen LogP contribution in [0.5, 0.6) is 0 Å². The minimum absolute atomic E-state index is 0.207. The molecule has 0 saturated heterocycles. The number of hydrogen-bond donors (Lipinski definition) is 3. The van der Waals surface area contributed by atoms with Crippen LogP contribution in [-0.2, 0) is 0 Å². The molecule has 31 heavy (non-hydrogen) atoms. The van der Waals surface area contributed by atoms with Crippen LogP contribution in [0.3, 0.4) is 0 Å². The highest BCUT2D eigenvalue weighted by molar-refractivity contribution is 5.99. The summed E-state index contributed by atoms with van der Waals surface area (Å²) in [5, 5.41) is 24.8. The third-order valence-corrected chi connectivity index (χ3v) is 4.95. The van der Waals surface area contributed by atoms with E-state index in [-0.39, 0.29) is 5.56 Å². The van der Waals surface area contributed by atoms with Gasteiger partial charge in [-0.15, -0.1) is 10.2 Å². The molecule has 0 amide bonds. The Morgan fingerprint density at radius 3 is 2.68 bits per heavy atom. The van der Waals surface area contributed by atoms with Gasteiger partial charge in [0.1, 0.15) is 0 Å². The zero-order valence-corrected chi connectivity index (χ0v) is 16.1. The first kappa shape index (κ1) is 18.3. The fourth-order valence-electron chi connectivity index (χ4n) is 3.51. The van der Waals surface area contributed by atoms with Gasteiger partial charge < -0.3 is 10.1 Å². The van der Waals surface area contributed by atoms with Crippen LogP contribution in [0.1, 0.15) is 21.5 Å². The molecule has 2 heterocycles. The second kappa shape index (κ2) is 7.61. The van der Waals surface area contributed by atoms with Crippen molar-refractivity contribution in [2.24, 2.45) is 0 Å². The molecule has 3 N–H and O–H groups in total. The summed E-state index contributed by atoms with van der Waals surface area (Å²) in [6.07, 6.45) is 1.86. The van der Waals surface area contributed by atoms with E-state index in [1.807, 2.05) is 60.8 Å². The number of nitrogens with zero attached hydrogens (tertiary/aromatic N) is 3. The standard InChI is InChI=1S/C24H15N5O2/c30-24(31)20-6-2-4-17(22(20)18-10-9-16-11-12-25-21(16)14-18)8-7-15-3-1-5-19(13-15)23-26-28-29-27-23/h1-6,9-14,25H,(H,30,31)(H,26,27,28,29). The molecule has 5 rings (SSSR count). The van der Waals surface area contributed by atoms with E-state index in [1.165, 1.54) is 0 Å². The lowest BCUT2D eigenvalue weighted by Gasteiger charge is -2.10. The van der Waals surface area contributed by atoms with Gasteiger partial charge in [0.25, 0.3) is 0 Å². The summed E-state index contributed by atoms with van der Waals surface area (Å²) >= 11 is 0. The summed E-state index contributed by atoms with van der Waals surface area (Å²) in [6, 6.07) is 20.4. The highest BCUT2D eigenvalue weighted by atomic mass is 16.4. The highest BCUT2D eigenvalue weighted by Gasteiger charge is 2.15. The molecule has 0 saturated carbocycles. The summed E-state index contributed by atoms with van der Waals surface area (Å²) in [5.41, 5.74) is 4.70. The fraction of sp³-hybridized carbons (Fsp3) is 0. The van der Waals surface area contributed by atoms with Crippen molar-refractivity contribution in [2.75, 3.05) is 0 Å². The van der Waals surface area contributed by atoms with Crippen LogP contribution < -0.4 is 0 Å². The van der Waals surface area contributed by atoms with Crippen molar-refractivity contribution in [1.29, 1.82) is 0 Å². The van der Waals surface area contributed by atoms with E-state index in [0.717, 1.165) is 27.6 Å². The fourth-order valence-corrected chi connectivity index (χ4v) is 3.51. The first-order chi connectivity index (χ1) is 15.2. The Hall–Kier alpha value is -4.70. The molecule has 3 aromatic carbocycles. The molecule has 0 bridgehead atoms. The van der Waals surface area contributed by atoms with Gasteiger partial charge in [-0.2, -0.15) is 5.21 Å². The van der Waals surface area contributed by atoms with E-state index in [0.29, 0.717) is 17.0 Å². The smallest absolute Gasteiger partial charge is 0.336 e. The van der Waals surface area contributed by atoms with Crippen LogP contribution in [0.4, 0.5) is 0 Å². The number of carboxylic acid groups (broad SMARTS) is 1. The molecular weight excluding hydrogens is 390 g/mol. The van der Waals surface area contributed by atoms with Crippen LogP contribution in [-0.4, -0.2) is 36.7 Å². The van der Waals surface area contributed by atoms with Crippen molar-refractivity contribution in [3.63, 3.8) is 0 Å². The first-order valence-corrected chi connectivity index (χ1v) is 9.49. The summed E-state index contributed by atoms with van der Waals surface area (Å²) in [7, 11) is 0. The summed E-state index contributed by atoms with van der Waals surface area (Å²) in [6.45, 7) is 0. The molecule has 5 aromatic rings. The van der Waals surface area contributed by atoms with Gasteiger partial charge in [-0.05, 0) is 52.6 Å². The summed E-state index contributed by atoms with van der Waals surface area (Å²) in [5.74, 6) is 5.77. The molecule has 7 heteroatoms. The Morgan fingerprint density at radius 1 is 0.935 bits per heavy atom. The quantitative estimate of drug-likeness (QED) is 0.392. The van der Waals surface area contributed by atoms with E-state index in [2.05, 4.69) is 37.4 Å².